The van der Waals surface area contributed by atoms with Crippen molar-refractivity contribution in [3.63, 3.8) is 0 Å². The zero-order chi connectivity index (χ0) is 24.8. The minimum atomic E-state index is -0.564. The first-order chi connectivity index (χ1) is 17.0. The number of amides is 1. The first-order valence-electron chi connectivity index (χ1n) is 11.9. The van der Waals surface area contributed by atoms with E-state index < -0.39 is 6.04 Å². The van der Waals surface area contributed by atoms with Crippen molar-refractivity contribution in [2.75, 3.05) is 22.6 Å². The van der Waals surface area contributed by atoms with Gasteiger partial charge in [-0.2, -0.15) is 11.8 Å². The quantitative estimate of drug-likeness (QED) is 0.266. The molecule has 0 fully saturated rings. The summed E-state index contributed by atoms with van der Waals surface area (Å²) in [5.41, 5.74) is 16.8. The van der Waals surface area contributed by atoms with Gasteiger partial charge in [-0.3, -0.25) is 4.79 Å². The minimum absolute atomic E-state index is 0.189. The second kappa shape index (κ2) is 11.6. The second-order valence-electron chi connectivity index (χ2n) is 8.55. The third-order valence-electron chi connectivity index (χ3n) is 5.88. The zero-order valence-electron chi connectivity index (χ0n) is 20.0. The van der Waals surface area contributed by atoms with E-state index in [1.165, 1.54) is 0 Å². The fraction of sp³-hybridized carbons (Fsp3) is 0.296. The van der Waals surface area contributed by atoms with E-state index >= 15 is 0 Å². The van der Waals surface area contributed by atoms with Gasteiger partial charge in [0.2, 0.25) is 5.91 Å². The summed E-state index contributed by atoms with van der Waals surface area (Å²) in [5, 5.41) is 3.95. The summed E-state index contributed by atoms with van der Waals surface area (Å²) >= 11 is 1.59. The van der Waals surface area contributed by atoms with Crippen LogP contribution in [0.25, 0.3) is 21.9 Å². The number of hydrogen-bond acceptors (Lipinski definition) is 6. The molecule has 0 spiro atoms. The number of aromatic nitrogens is 3. The monoisotopic (exact) mass is 488 g/mol. The molecule has 2 aromatic heterocycles. The van der Waals surface area contributed by atoms with E-state index in [1.807, 2.05) is 42.5 Å². The Bertz CT molecular complexity index is 1300. The van der Waals surface area contributed by atoms with Crippen molar-refractivity contribution in [1.82, 2.24) is 14.5 Å². The van der Waals surface area contributed by atoms with E-state index in [-0.39, 0.29) is 5.91 Å². The van der Waals surface area contributed by atoms with Crippen molar-refractivity contribution in [2.45, 2.75) is 38.8 Å². The molecule has 2 radical (unpaired) electrons. The van der Waals surface area contributed by atoms with Gasteiger partial charge in [0.1, 0.15) is 11.3 Å². The average molecular weight is 489 g/mol. The molecule has 1 amide bonds. The van der Waals surface area contributed by atoms with E-state index in [0.717, 1.165) is 64.0 Å². The Kier molecular flexibility index (Phi) is 8.25. The number of nitrogens with two attached hydrogens (primary N) is 2. The lowest BCUT2D eigenvalue weighted by Gasteiger charge is -2.13. The van der Waals surface area contributed by atoms with Crippen LogP contribution in [0.2, 0.25) is 0 Å². The lowest BCUT2D eigenvalue weighted by Crippen LogP contribution is -2.37. The van der Waals surface area contributed by atoms with Gasteiger partial charge in [-0.05, 0) is 49.3 Å². The van der Waals surface area contributed by atoms with E-state index in [2.05, 4.69) is 34.8 Å². The SMILES string of the molecule is [CH2][CH]CSC[C@H](N)C(=O)Nc1ccc(Cn2c(CCCC)nc3c(N)nc4ccccc4c32)cc1. The van der Waals surface area contributed by atoms with Crippen LogP contribution in [0.15, 0.2) is 48.5 Å². The molecule has 8 heteroatoms. The Morgan fingerprint density at radius 3 is 2.71 bits per heavy atom. The molecule has 182 valence electrons. The maximum absolute atomic E-state index is 12.4. The van der Waals surface area contributed by atoms with Gasteiger partial charge in [-0.25, -0.2) is 9.97 Å². The van der Waals surface area contributed by atoms with E-state index in [9.17, 15) is 4.79 Å². The van der Waals surface area contributed by atoms with Crippen LogP contribution >= 0.6 is 11.8 Å². The zero-order valence-corrected chi connectivity index (χ0v) is 20.9. The van der Waals surface area contributed by atoms with Crippen LogP contribution in [0.5, 0.6) is 0 Å². The molecule has 0 bridgehead atoms. The van der Waals surface area contributed by atoms with Gasteiger partial charge in [0, 0.05) is 29.8 Å². The number of aryl methyl sites for hydroxylation is 1. The van der Waals surface area contributed by atoms with Crippen molar-refractivity contribution in [2.24, 2.45) is 5.73 Å². The molecule has 0 aliphatic heterocycles. The van der Waals surface area contributed by atoms with Crippen LogP contribution in [0.1, 0.15) is 31.2 Å². The van der Waals surface area contributed by atoms with Crippen LogP contribution in [-0.2, 0) is 17.8 Å². The molecular weight excluding hydrogens is 456 g/mol. The van der Waals surface area contributed by atoms with Crippen molar-refractivity contribution in [1.29, 1.82) is 0 Å². The molecule has 0 saturated heterocycles. The third kappa shape index (κ3) is 5.77. The molecule has 4 rings (SSSR count). The third-order valence-corrected chi connectivity index (χ3v) is 6.94. The van der Waals surface area contributed by atoms with Gasteiger partial charge in [0.25, 0.3) is 0 Å². The number of nitrogens with one attached hydrogen (secondary N) is 1. The molecule has 0 saturated carbocycles. The number of anilines is 2. The van der Waals surface area contributed by atoms with E-state index in [0.29, 0.717) is 18.1 Å². The maximum Gasteiger partial charge on any atom is 0.242 e. The summed E-state index contributed by atoms with van der Waals surface area (Å²) in [6.45, 7) is 6.51. The smallest absolute Gasteiger partial charge is 0.242 e. The van der Waals surface area contributed by atoms with Crippen LogP contribution in [0.3, 0.4) is 0 Å². The average Bonchev–Trinajstić information content (AvgIpc) is 3.23. The molecule has 0 aliphatic carbocycles. The summed E-state index contributed by atoms with van der Waals surface area (Å²) in [7, 11) is 0. The molecule has 5 N–H and O–H groups in total. The summed E-state index contributed by atoms with van der Waals surface area (Å²) in [6.07, 6.45) is 4.80. The minimum Gasteiger partial charge on any atom is -0.382 e. The largest absolute Gasteiger partial charge is 0.382 e. The fourth-order valence-corrected chi connectivity index (χ4v) is 4.77. The molecule has 4 aromatic rings. The molecule has 2 aromatic carbocycles. The topological polar surface area (TPSA) is 112 Å². The van der Waals surface area contributed by atoms with Crippen LogP contribution in [0.4, 0.5) is 11.5 Å². The number of thioether (sulfide) groups is 1. The molecule has 2 heterocycles. The molecule has 0 unspecified atom stereocenters. The molecule has 7 nitrogen and oxygen atoms in total. The first kappa shape index (κ1) is 25.0. The van der Waals surface area contributed by atoms with Gasteiger partial charge < -0.3 is 21.4 Å². The normalized spacial score (nSPS) is 12.3. The predicted molar refractivity (Wildman–Crippen MR) is 147 cm³/mol. The van der Waals surface area contributed by atoms with Gasteiger partial charge in [-0.1, -0.05) is 43.7 Å². The Balaban J connectivity index is 1.59. The number of carbonyl (C=O) groups excluding carboxylic acids is 1. The highest BCUT2D eigenvalue weighted by Crippen LogP contribution is 2.30. The number of rotatable bonds is 11. The number of para-hydroxylation sites is 1. The van der Waals surface area contributed by atoms with Crippen molar-refractivity contribution < 1.29 is 4.79 Å². The Labute approximate surface area is 210 Å². The van der Waals surface area contributed by atoms with Crippen LogP contribution in [-0.4, -0.2) is 38.0 Å². The Morgan fingerprint density at radius 2 is 1.97 bits per heavy atom. The van der Waals surface area contributed by atoms with Crippen molar-refractivity contribution in [3.05, 3.63) is 73.3 Å². The highest BCUT2D eigenvalue weighted by atomic mass is 32.2. The van der Waals surface area contributed by atoms with Crippen molar-refractivity contribution in [3.8, 4) is 0 Å². The van der Waals surface area contributed by atoms with E-state index in [1.54, 1.807) is 18.2 Å². The van der Waals surface area contributed by atoms with E-state index in [4.69, 9.17) is 16.5 Å². The number of pyridine rings is 1. The standard InChI is InChI=1S/C27H32N6OS/c1-3-5-10-23-32-24-25(20-8-6-7-9-22(20)31-26(24)29)33(23)16-18-11-13-19(14-12-18)30-27(34)21(28)17-35-15-4-2/h4,6-9,11-14,21H,2-3,5,10,15-17,28H2,1H3,(H2,29,31)(H,30,34)/t21-/m0/s1. The number of benzene rings is 2. The lowest BCUT2D eigenvalue weighted by atomic mass is 10.1. The van der Waals surface area contributed by atoms with Crippen molar-refractivity contribution >= 4 is 51.1 Å². The summed E-state index contributed by atoms with van der Waals surface area (Å²) in [4.78, 5) is 21.9. The van der Waals surface area contributed by atoms with Crippen LogP contribution < -0.4 is 16.8 Å². The lowest BCUT2D eigenvalue weighted by molar-refractivity contribution is -0.116. The summed E-state index contributed by atoms with van der Waals surface area (Å²) in [6, 6.07) is 15.3. The molecule has 0 aliphatic rings. The number of unbranched alkanes of at least 4 members (excludes halogenated alkanes) is 1. The van der Waals surface area contributed by atoms with Gasteiger partial charge >= 0.3 is 0 Å². The van der Waals surface area contributed by atoms with Crippen LogP contribution in [0, 0.1) is 13.3 Å². The number of imidazole rings is 1. The first-order valence-corrected chi connectivity index (χ1v) is 13.0. The Hall–Kier alpha value is -3.10. The number of carbonyl (C=O) groups is 1. The molecule has 35 heavy (non-hydrogen) atoms. The fourth-order valence-electron chi connectivity index (χ4n) is 4.07. The molecular formula is C27H32N6OS. The second-order valence-corrected chi connectivity index (χ2v) is 9.62. The number of nitrogens with zero attached hydrogens (tertiary/aromatic N) is 3. The molecule has 1 atom stereocenters. The summed E-state index contributed by atoms with van der Waals surface area (Å²) in [5.74, 6) is 2.60. The number of nitrogen functional groups attached to an aromatic ring is 1. The number of hydrogen-bond donors (Lipinski definition) is 3. The Morgan fingerprint density at radius 1 is 1.20 bits per heavy atom. The number of fused-ring (bicyclic) bond motifs is 3. The van der Waals surface area contributed by atoms with Gasteiger partial charge in [0.15, 0.2) is 5.82 Å². The highest BCUT2D eigenvalue weighted by Gasteiger charge is 2.18. The predicted octanol–water partition coefficient (Wildman–Crippen LogP) is 4.59. The maximum atomic E-state index is 12.4. The summed E-state index contributed by atoms with van der Waals surface area (Å²) < 4.78 is 2.26. The highest BCUT2D eigenvalue weighted by molar-refractivity contribution is 7.99. The van der Waals surface area contributed by atoms with Gasteiger partial charge in [0.05, 0.1) is 17.1 Å². The van der Waals surface area contributed by atoms with Gasteiger partial charge in [-0.15, -0.1) is 0 Å².